The van der Waals surface area contributed by atoms with Gasteiger partial charge >= 0.3 is 5.97 Å². The van der Waals surface area contributed by atoms with Crippen LogP contribution in [-0.2, 0) is 0 Å². The normalized spacial score (nSPS) is 22.5. The van der Waals surface area contributed by atoms with E-state index >= 15 is 0 Å². The van der Waals surface area contributed by atoms with E-state index in [0.29, 0.717) is 17.9 Å². The molecule has 0 amide bonds. The summed E-state index contributed by atoms with van der Waals surface area (Å²) in [5.74, 6) is -0.526. The van der Waals surface area contributed by atoms with E-state index in [1.54, 1.807) is 6.07 Å². The SMILES string of the molecule is CC1CCN(c2nc(C(=O)O)nc3ccccc23)CC1O. The number of nitrogens with zero attached hydrogens (tertiary/aromatic N) is 3. The van der Waals surface area contributed by atoms with Crippen LogP contribution in [0.1, 0.15) is 24.0 Å². The maximum atomic E-state index is 11.2. The molecule has 2 atom stereocenters. The van der Waals surface area contributed by atoms with Crippen LogP contribution in [0, 0.1) is 5.92 Å². The van der Waals surface area contributed by atoms with Crippen LogP contribution in [0.2, 0.25) is 0 Å². The Hall–Kier alpha value is -2.21. The standard InChI is InChI=1S/C15H17N3O3/c1-9-6-7-18(8-12(9)19)14-10-4-2-3-5-11(10)16-13(17-14)15(20)21/h2-5,9,12,19H,6-8H2,1H3,(H,20,21). The van der Waals surface area contributed by atoms with Crippen molar-refractivity contribution in [2.24, 2.45) is 5.92 Å². The summed E-state index contributed by atoms with van der Waals surface area (Å²) in [6.45, 7) is 3.22. The molecule has 2 aromatic rings. The van der Waals surface area contributed by atoms with Gasteiger partial charge in [0.15, 0.2) is 0 Å². The van der Waals surface area contributed by atoms with Crippen molar-refractivity contribution in [1.82, 2.24) is 9.97 Å². The van der Waals surface area contributed by atoms with E-state index in [1.165, 1.54) is 0 Å². The van der Waals surface area contributed by atoms with Gasteiger partial charge in [-0.2, -0.15) is 0 Å². The average molecular weight is 287 g/mol. The van der Waals surface area contributed by atoms with Crippen molar-refractivity contribution in [2.75, 3.05) is 18.0 Å². The Morgan fingerprint density at radius 2 is 2.10 bits per heavy atom. The minimum atomic E-state index is -1.15. The first-order valence-electron chi connectivity index (χ1n) is 6.99. The first-order valence-corrected chi connectivity index (χ1v) is 6.99. The quantitative estimate of drug-likeness (QED) is 0.871. The second-order valence-electron chi connectivity index (χ2n) is 5.47. The molecule has 2 unspecified atom stereocenters. The molecule has 1 saturated heterocycles. The van der Waals surface area contributed by atoms with Crippen molar-refractivity contribution in [3.8, 4) is 0 Å². The number of aliphatic hydroxyl groups excluding tert-OH is 1. The number of carboxylic acids is 1. The maximum Gasteiger partial charge on any atom is 0.374 e. The fourth-order valence-electron chi connectivity index (χ4n) is 2.64. The van der Waals surface area contributed by atoms with Gasteiger partial charge in [-0.15, -0.1) is 0 Å². The van der Waals surface area contributed by atoms with Gasteiger partial charge in [-0.25, -0.2) is 14.8 Å². The van der Waals surface area contributed by atoms with Crippen molar-refractivity contribution >= 4 is 22.7 Å². The largest absolute Gasteiger partial charge is 0.475 e. The average Bonchev–Trinajstić information content (AvgIpc) is 2.49. The van der Waals surface area contributed by atoms with Gasteiger partial charge in [-0.1, -0.05) is 19.1 Å². The summed E-state index contributed by atoms with van der Waals surface area (Å²) in [6.07, 6.45) is 0.419. The van der Waals surface area contributed by atoms with Crippen LogP contribution in [0.4, 0.5) is 5.82 Å². The molecule has 2 N–H and O–H groups in total. The highest BCUT2D eigenvalue weighted by Crippen LogP contribution is 2.28. The smallest absolute Gasteiger partial charge is 0.374 e. The highest BCUT2D eigenvalue weighted by Gasteiger charge is 2.27. The van der Waals surface area contributed by atoms with Gasteiger partial charge < -0.3 is 15.1 Å². The first kappa shape index (κ1) is 13.8. The predicted molar refractivity (Wildman–Crippen MR) is 78.5 cm³/mol. The number of fused-ring (bicyclic) bond motifs is 1. The number of aromatic carboxylic acids is 1. The van der Waals surface area contributed by atoms with Crippen LogP contribution in [0.15, 0.2) is 24.3 Å². The van der Waals surface area contributed by atoms with E-state index in [4.69, 9.17) is 5.11 Å². The number of hydrogen-bond acceptors (Lipinski definition) is 5. The van der Waals surface area contributed by atoms with Crippen molar-refractivity contribution in [2.45, 2.75) is 19.4 Å². The number of benzene rings is 1. The third-order valence-corrected chi connectivity index (χ3v) is 3.99. The second kappa shape index (κ2) is 5.29. The molecule has 6 nitrogen and oxygen atoms in total. The van der Waals surface area contributed by atoms with Gasteiger partial charge in [0.2, 0.25) is 5.82 Å². The van der Waals surface area contributed by atoms with Gasteiger partial charge in [-0.3, -0.25) is 0 Å². The topological polar surface area (TPSA) is 86.6 Å². The van der Waals surface area contributed by atoms with Crippen molar-refractivity contribution < 1.29 is 15.0 Å². The number of para-hydroxylation sites is 1. The molecule has 21 heavy (non-hydrogen) atoms. The number of aromatic nitrogens is 2. The van der Waals surface area contributed by atoms with Gasteiger partial charge in [0.1, 0.15) is 5.82 Å². The Morgan fingerprint density at radius 3 is 2.81 bits per heavy atom. The molecule has 0 saturated carbocycles. The lowest BCUT2D eigenvalue weighted by molar-refractivity contribution is 0.0684. The summed E-state index contributed by atoms with van der Waals surface area (Å²) in [7, 11) is 0. The lowest BCUT2D eigenvalue weighted by Crippen LogP contribution is -2.43. The molecule has 110 valence electrons. The molecule has 1 aromatic heterocycles. The summed E-state index contributed by atoms with van der Waals surface area (Å²) in [4.78, 5) is 21.4. The summed E-state index contributed by atoms with van der Waals surface area (Å²) in [6, 6.07) is 7.34. The highest BCUT2D eigenvalue weighted by atomic mass is 16.4. The van der Waals surface area contributed by atoms with Crippen LogP contribution < -0.4 is 4.90 Å². The molecule has 1 aliphatic rings. The molecule has 0 aliphatic carbocycles. The number of carbonyl (C=O) groups is 1. The van der Waals surface area contributed by atoms with Crippen molar-refractivity contribution in [1.29, 1.82) is 0 Å². The van der Waals surface area contributed by atoms with Crippen LogP contribution in [0.25, 0.3) is 10.9 Å². The molecule has 2 heterocycles. The third-order valence-electron chi connectivity index (χ3n) is 3.99. The fraction of sp³-hybridized carbons (Fsp3) is 0.400. The molecule has 1 aliphatic heterocycles. The van der Waals surface area contributed by atoms with E-state index < -0.39 is 12.1 Å². The number of hydrogen-bond donors (Lipinski definition) is 2. The Balaban J connectivity index is 2.10. The number of aliphatic hydroxyl groups is 1. The summed E-state index contributed by atoms with van der Waals surface area (Å²) < 4.78 is 0. The maximum absolute atomic E-state index is 11.2. The zero-order valence-electron chi connectivity index (χ0n) is 11.7. The molecule has 0 bridgehead atoms. The van der Waals surface area contributed by atoms with Crippen LogP contribution in [0.5, 0.6) is 0 Å². The van der Waals surface area contributed by atoms with E-state index in [2.05, 4.69) is 9.97 Å². The van der Waals surface area contributed by atoms with E-state index in [-0.39, 0.29) is 11.7 Å². The first-order chi connectivity index (χ1) is 10.1. The molecule has 1 fully saturated rings. The van der Waals surface area contributed by atoms with Crippen molar-refractivity contribution in [3.05, 3.63) is 30.1 Å². The molecule has 1 aromatic carbocycles. The van der Waals surface area contributed by atoms with Gasteiger partial charge in [0, 0.05) is 18.5 Å². The highest BCUT2D eigenvalue weighted by molar-refractivity contribution is 5.93. The molecule has 0 spiro atoms. The lowest BCUT2D eigenvalue weighted by Gasteiger charge is -2.35. The Bertz CT molecular complexity index is 689. The second-order valence-corrected chi connectivity index (χ2v) is 5.47. The van der Waals surface area contributed by atoms with E-state index in [1.807, 2.05) is 30.0 Å². The predicted octanol–water partition coefficient (Wildman–Crippen LogP) is 1.54. The third kappa shape index (κ3) is 2.54. The van der Waals surface area contributed by atoms with Gasteiger partial charge in [0.05, 0.1) is 11.6 Å². The Labute approximate surface area is 122 Å². The number of anilines is 1. The number of carboxylic acid groups (broad SMARTS) is 1. The van der Waals surface area contributed by atoms with E-state index in [9.17, 15) is 9.90 Å². The zero-order valence-corrected chi connectivity index (χ0v) is 11.7. The Morgan fingerprint density at radius 1 is 1.33 bits per heavy atom. The molecular weight excluding hydrogens is 270 g/mol. The molecular formula is C15H17N3O3. The van der Waals surface area contributed by atoms with Crippen LogP contribution in [0.3, 0.4) is 0 Å². The number of rotatable bonds is 2. The minimum absolute atomic E-state index is 0.211. The summed E-state index contributed by atoms with van der Waals surface area (Å²) in [5, 5.41) is 20.0. The fourth-order valence-corrected chi connectivity index (χ4v) is 2.64. The van der Waals surface area contributed by atoms with Crippen LogP contribution in [-0.4, -0.2) is 45.3 Å². The zero-order chi connectivity index (χ0) is 15.0. The van der Waals surface area contributed by atoms with Crippen LogP contribution >= 0.6 is 0 Å². The van der Waals surface area contributed by atoms with Gasteiger partial charge in [0.25, 0.3) is 0 Å². The number of β-amino-alcohol motifs (C(OH)–C–C–N with tert-alkyl or cyclic N) is 1. The summed E-state index contributed by atoms with van der Waals surface area (Å²) >= 11 is 0. The molecule has 3 rings (SSSR count). The van der Waals surface area contributed by atoms with Crippen molar-refractivity contribution in [3.63, 3.8) is 0 Å². The molecule has 0 radical (unpaired) electrons. The minimum Gasteiger partial charge on any atom is -0.475 e. The summed E-state index contributed by atoms with van der Waals surface area (Å²) in [5.41, 5.74) is 0.605. The molecule has 6 heteroatoms. The number of piperidine rings is 1. The van der Waals surface area contributed by atoms with Gasteiger partial charge in [-0.05, 0) is 24.5 Å². The van der Waals surface area contributed by atoms with E-state index in [0.717, 1.165) is 18.4 Å². The Kier molecular flexibility index (Phi) is 3.47. The lowest BCUT2D eigenvalue weighted by atomic mass is 9.96. The monoisotopic (exact) mass is 287 g/mol.